The Balaban J connectivity index is 2.67. The topological polar surface area (TPSA) is 66.4 Å². The molecule has 1 aliphatic rings. The Labute approximate surface area is 72.9 Å². The van der Waals surface area contributed by atoms with Crippen molar-refractivity contribution in [1.29, 1.82) is 0 Å². The molecule has 1 atom stereocenters. The van der Waals surface area contributed by atoms with Crippen molar-refractivity contribution in [3.63, 3.8) is 0 Å². The molecular weight excluding hydrogens is 178 g/mol. The summed E-state index contributed by atoms with van der Waals surface area (Å²) in [6, 6.07) is 0. The standard InChI is InChI=1S/C7H15NO3S/c1-6(9)12(10,11)7-2-4-8-5-3-7/h6-9H,2-5H2,1H3. The van der Waals surface area contributed by atoms with Crippen LogP contribution in [0.3, 0.4) is 0 Å². The molecule has 0 bridgehead atoms. The molecule has 1 aliphatic heterocycles. The number of sulfone groups is 1. The molecule has 0 spiro atoms. The third kappa shape index (κ3) is 1.97. The molecule has 0 radical (unpaired) electrons. The van der Waals surface area contributed by atoms with E-state index in [2.05, 4.69) is 5.32 Å². The lowest BCUT2D eigenvalue weighted by atomic mass is 10.2. The Morgan fingerprint density at radius 3 is 2.33 bits per heavy atom. The zero-order valence-electron chi connectivity index (χ0n) is 7.16. The highest BCUT2D eigenvalue weighted by molar-refractivity contribution is 7.92. The second-order valence-corrected chi connectivity index (χ2v) is 5.66. The Hall–Kier alpha value is -0.130. The molecule has 5 heteroatoms. The molecule has 0 saturated carbocycles. The van der Waals surface area contributed by atoms with Crippen LogP contribution in [0.25, 0.3) is 0 Å². The monoisotopic (exact) mass is 193 g/mol. The van der Waals surface area contributed by atoms with E-state index in [4.69, 9.17) is 5.11 Å². The summed E-state index contributed by atoms with van der Waals surface area (Å²) in [5.74, 6) is 0. The van der Waals surface area contributed by atoms with Crippen LogP contribution in [0, 0.1) is 0 Å². The maximum absolute atomic E-state index is 11.4. The van der Waals surface area contributed by atoms with Crippen LogP contribution in [0.1, 0.15) is 19.8 Å². The van der Waals surface area contributed by atoms with Crippen molar-refractivity contribution in [3.05, 3.63) is 0 Å². The number of rotatable bonds is 2. The van der Waals surface area contributed by atoms with Gasteiger partial charge >= 0.3 is 0 Å². The minimum absolute atomic E-state index is 0.348. The van der Waals surface area contributed by atoms with Crippen LogP contribution in [0.2, 0.25) is 0 Å². The average Bonchev–Trinajstić information content (AvgIpc) is 2.06. The summed E-state index contributed by atoms with van der Waals surface area (Å²) in [5.41, 5.74) is -1.22. The van der Waals surface area contributed by atoms with Crippen molar-refractivity contribution >= 4 is 9.84 Å². The van der Waals surface area contributed by atoms with Crippen molar-refractivity contribution in [2.24, 2.45) is 0 Å². The van der Waals surface area contributed by atoms with Gasteiger partial charge in [0.05, 0.1) is 5.25 Å². The van der Waals surface area contributed by atoms with Gasteiger partial charge in [-0.15, -0.1) is 0 Å². The number of aliphatic hydroxyl groups excluding tert-OH is 1. The Kier molecular flexibility index (Phi) is 3.09. The second-order valence-electron chi connectivity index (χ2n) is 3.14. The van der Waals surface area contributed by atoms with Crippen LogP contribution in [0.4, 0.5) is 0 Å². The minimum Gasteiger partial charge on any atom is -0.377 e. The highest BCUT2D eigenvalue weighted by Crippen LogP contribution is 2.16. The Morgan fingerprint density at radius 2 is 1.92 bits per heavy atom. The largest absolute Gasteiger partial charge is 0.377 e. The lowest BCUT2D eigenvalue weighted by Crippen LogP contribution is -2.39. The Morgan fingerprint density at radius 1 is 1.42 bits per heavy atom. The van der Waals surface area contributed by atoms with Gasteiger partial charge in [-0.05, 0) is 32.9 Å². The van der Waals surface area contributed by atoms with Crippen molar-refractivity contribution in [3.8, 4) is 0 Å². The van der Waals surface area contributed by atoms with Crippen LogP contribution in [-0.2, 0) is 9.84 Å². The quantitative estimate of drug-likeness (QED) is 0.620. The summed E-state index contributed by atoms with van der Waals surface area (Å²) < 4.78 is 22.8. The fourth-order valence-electron chi connectivity index (χ4n) is 1.40. The third-order valence-electron chi connectivity index (χ3n) is 2.23. The molecule has 1 saturated heterocycles. The summed E-state index contributed by atoms with van der Waals surface area (Å²) in [6.07, 6.45) is 1.24. The summed E-state index contributed by atoms with van der Waals surface area (Å²) >= 11 is 0. The van der Waals surface area contributed by atoms with Crippen LogP contribution >= 0.6 is 0 Å². The van der Waals surface area contributed by atoms with Crippen LogP contribution in [-0.4, -0.2) is 37.3 Å². The first kappa shape index (κ1) is 9.95. The number of aliphatic hydroxyl groups is 1. The van der Waals surface area contributed by atoms with E-state index in [1.54, 1.807) is 0 Å². The van der Waals surface area contributed by atoms with Crippen molar-refractivity contribution < 1.29 is 13.5 Å². The Bertz CT molecular complexity index is 229. The molecule has 2 N–H and O–H groups in total. The fourth-order valence-corrected chi connectivity index (χ4v) is 2.85. The van der Waals surface area contributed by atoms with Gasteiger partial charge in [-0.1, -0.05) is 0 Å². The first-order valence-electron chi connectivity index (χ1n) is 4.16. The molecule has 1 fully saturated rings. The molecule has 1 unspecified atom stereocenters. The van der Waals surface area contributed by atoms with Crippen LogP contribution in [0.15, 0.2) is 0 Å². The molecule has 0 aromatic carbocycles. The maximum atomic E-state index is 11.4. The SMILES string of the molecule is CC(O)S(=O)(=O)C1CCNCC1. The lowest BCUT2D eigenvalue weighted by molar-refractivity contribution is 0.265. The van der Waals surface area contributed by atoms with E-state index in [0.717, 1.165) is 13.1 Å². The number of nitrogens with one attached hydrogen (secondary N) is 1. The van der Waals surface area contributed by atoms with Crippen LogP contribution in [0.5, 0.6) is 0 Å². The van der Waals surface area contributed by atoms with Gasteiger partial charge in [-0.2, -0.15) is 0 Å². The lowest BCUT2D eigenvalue weighted by Gasteiger charge is -2.23. The van der Waals surface area contributed by atoms with Gasteiger partial charge in [0.1, 0.15) is 0 Å². The summed E-state index contributed by atoms with van der Waals surface area (Å²) in [4.78, 5) is 0. The fraction of sp³-hybridized carbons (Fsp3) is 1.00. The second kappa shape index (κ2) is 3.72. The van der Waals surface area contributed by atoms with E-state index >= 15 is 0 Å². The molecule has 12 heavy (non-hydrogen) atoms. The van der Waals surface area contributed by atoms with Gasteiger partial charge < -0.3 is 10.4 Å². The van der Waals surface area contributed by atoms with E-state index in [9.17, 15) is 8.42 Å². The van der Waals surface area contributed by atoms with Crippen molar-refractivity contribution in [1.82, 2.24) is 5.32 Å². The molecule has 72 valence electrons. The highest BCUT2D eigenvalue weighted by Gasteiger charge is 2.30. The smallest absolute Gasteiger partial charge is 0.179 e. The predicted molar refractivity (Wildman–Crippen MR) is 46.5 cm³/mol. The van der Waals surface area contributed by atoms with Gasteiger partial charge in [-0.3, -0.25) is 0 Å². The van der Waals surface area contributed by atoms with E-state index < -0.39 is 15.3 Å². The molecule has 0 aliphatic carbocycles. The average molecular weight is 193 g/mol. The molecule has 0 aromatic rings. The highest BCUT2D eigenvalue weighted by atomic mass is 32.2. The van der Waals surface area contributed by atoms with Gasteiger partial charge in [0.25, 0.3) is 0 Å². The number of piperidine rings is 1. The first-order chi connectivity index (χ1) is 5.55. The molecule has 4 nitrogen and oxygen atoms in total. The predicted octanol–water partition coefficient (Wildman–Crippen LogP) is -0.509. The molecular formula is C7H15NO3S. The maximum Gasteiger partial charge on any atom is 0.179 e. The molecule has 1 rings (SSSR count). The van der Waals surface area contributed by atoms with Gasteiger partial charge in [0.2, 0.25) is 0 Å². The summed E-state index contributed by atoms with van der Waals surface area (Å²) in [5, 5.41) is 11.8. The zero-order valence-corrected chi connectivity index (χ0v) is 7.97. The summed E-state index contributed by atoms with van der Waals surface area (Å²) in [7, 11) is -3.28. The van der Waals surface area contributed by atoms with E-state index in [1.165, 1.54) is 6.92 Å². The number of hydrogen-bond donors (Lipinski definition) is 2. The van der Waals surface area contributed by atoms with E-state index in [0.29, 0.717) is 12.8 Å². The normalized spacial score (nSPS) is 23.8. The van der Waals surface area contributed by atoms with Crippen molar-refractivity contribution in [2.75, 3.05) is 13.1 Å². The van der Waals surface area contributed by atoms with Gasteiger partial charge in [-0.25, -0.2) is 8.42 Å². The van der Waals surface area contributed by atoms with Crippen molar-refractivity contribution in [2.45, 2.75) is 30.5 Å². The van der Waals surface area contributed by atoms with E-state index in [1.807, 2.05) is 0 Å². The summed E-state index contributed by atoms with van der Waals surface area (Å²) in [6.45, 7) is 2.78. The van der Waals surface area contributed by atoms with Gasteiger partial charge in [0, 0.05) is 0 Å². The molecule has 1 heterocycles. The minimum atomic E-state index is -3.28. The van der Waals surface area contributed by atoms with Gasteiger partial charge in [0.15, 0.2) is 15.3 Å². The zero-order chi connectivity index (χ0) is 9.19. The number of hydrogen-bond acceptors (Lipinski definition) is 4. The third-order valence-corrected chi connectivity index (χ3v) is 4.58. The molecule has 0 amide bonds. The van der Waals surface area contributed by atoms with Crippen LogP contribution < -0.4 is 5.32 Å². The molecule has 0 aromatic heterocycles. The first-order valence-corrected chi connectivity index (χ1v) is 5.77. The van der Waals surface area contributed by atoms with E-state index in [-0.39, 0.29) is 5.25 Å².